The maximum Gasteiger partial charge on any atom is 0.267 e. The minimum Gasteiger partial charge on any atom is -0.467 e. The highest BCUT2D eigenvalue weighted by Crippen LogP contribution is 2.18. The lowest BCUT2D eigenvalue weighted by Crippen LogP contribution is -2.17. The van der Waals surface area contributed by atoms with Crippen LogP contribution in [0.15, 0.2) is 52.8 Å². The van der Waals surface area contributed by atoms with Gasteiger partial charge in [-0.2, -0.15) is 5.26 Å². The molecule has 0 aliphatic heterocycles. The first-order valence-corrected chi connectivity index (χ1v) is 7.61. The Balaban J connectivity index is 2.00. The number of rotatable bonds is 5. The van der Waals surface area contributed by atoms with Gasteiger partial charge in [0.15, 0.2) is 0 Å². The second-order valence-electron chi connectivity index (χ2n) is 4.54. The molecule has 5 nitrogen and oxygen atoms in total. The number of amides is 1. The van der Waals surface area contributed by atoms with E-state index in [-0.39, 0.29) is 5.57 Å². The van der Waals surface area contributed by atoms with Crippen molar-refractivity contribution in [3.05, 3.63) is 63.3 Å². The first-order valence-electron chi connectivity index (χ1n) is 6.53. The average molecular weight is 407 g/mol. The zero-order valence-corrected chi connectivity index (χ0v) is 14.0. The molecule has 0 saturated heterocycles. The number of halogens is 1. The number of carbonyl (C=O) groups excluding carboxylic acids is 1. The predicted molar refractivity (Wildman–Crippen MR) is 91.8 cm³/mol. The SMILES string of the molecule is Cc1cc(I)ccc1NC(=O)/C(C#N)=C\NCc1ccco1. The van der Waals surface area contributed by atoms with Crippen LogP contribution >= 0.6 is 22.6 Å². The Morgan fingerprint density at radius 1 is 1.45 bits per heavy atom. The summed E-state index contributed by atoms with van der Waals surface area (Å²) in [5.41, 5.74) is 1.64. The van der Waals surface area contributed by atoms with Crippen LogP contribution in [0.25, 0.3) is 0 Å². The van der Waals surface area contributed by atoms with Crippen LogP contribution < -0.4 is 10.6 Å². The molecule has 0 saturated carbocycles. The van der Waals surface area contributed by atoms with E-state index in [1.165, 1.54) is 6.20 Å². The zero-order chi connectivity index (χ0) is 15.9. The highest BCUT2D eigenvalue weighted by molar-refractivity contribution is 14.1. The third-order valence-corrected chi connectivity index (χ3v) is 3.58. The van der Waals surface area contributed by atoms with Gasteiger partial charge in [-0.1, -0.05) is 0 Å². The van der Waals surface area contributed by atoms with Gasteiger partial charge in [0.05, 0.1) is 12.8 Å². The molecule has 112 valence electrons. The maximum absolute atomic E-state index is 12.1. The molecule has 0 aliphatic carbocycles. The largest absolute Gasteiger partial charge is 0.467 e. The summed E-state index contributed by atoms with van der Waals surface area (Å²) < 4.78 is 6.24. The van der Waals surface area contributed by atoms with Crippen molar-refractivity contribution < 1.29 is 9.21 Å². The summed E-state index contributed by atoms with van der Waals surface area (Å²) in [5.74, 6) is 0.279. The van der Waals surface area contributed by atoms with Crippen LogP contribution in [0.4, 0.5) is 5.69 Å². The fourth-order valence-corrected chi connectivity index (χ4v) is 2.42. The van der Waals surface area contributed by atoms with Crippen LogP contribution in [0, 0.1) is 21.8 Å². The second-order valence-corrected chi connectivity index (χ2v) is 5.79. The summed E-state index contributed by atoms with van der Waals surface area (Å²) >= 11 is 2.20. The van der Waals surface area contributed by atoms with Crippen molar-refractivity contribution in [3.63, 3.8) is 0 Å². The first-order chi connectivity index (χ1) is 10.6. The molecule has 1 heterocycles. The highest BCUT2D eigenvalue weighted by atomic mass is 127. The molecule has 1 aromatic carbocycles. The van der Waals surface area contributed by atoms with Gasteiger partial charge in [-0.25, -0.2) is 0 Å². The van der Waals surface area contributed by atoms with E-state index in [2.05, 4.69) is 33.2 Å². The van der Waals surface area contributed by atoms with Gasteiger partial charge in [-0.05, 0) is 65.4 Å². The number of hydrogen-bond acceptors (Lipinski definition) is 4. The number of nitrogens with one attached hydrogen (secondary N) is 2. The second kappa shape index (κ2) is 7.66. The van der Waals surface area contributed by atoms with Gasteiger partial charge in [0.1, 0.15) is 17.4 Å². The van der Waals surface area contributed by atoms with Crippen LogP contribution in [-0.4, -0.2) is 5.91 Å². The topological polar surface area (TPSA) is 78.1 Å². The summed E-state index contributed by atoms with van der Waals surface area (Å²) in [4.78, 5) is 12.1. The summed E-state index contributed by atoms with van der Waals surface area (Å²) in [6.07, 6.45) is 2.96. The summed E-state index contributed by atoms with van der Waals surface area (Å²) in [6, 6.07) is 11.1. The highest BCUT2D eigenvalue weighted by Gasteiger charge is 2.10. The van der Waals surface area contributed by atoms with Crippen LogP contribution in [0.1, 0.15) is 11.3 Å². The number of carbonyl (C=O) groups is 1. The molecular formula is C16H14IN3O2. The Morgan fingerprint density at radius 3 is 2.91 bits per heavy atom. The van der Waals surface area contributed by atoms with Crippen molar-refractivity contribution in [1.29, 1.82) is 5.26 Å². The number of nitrogens with zero attached hydrogens (tertiary/aromatic N) is 1. The van der Waals surface area contributed by atoms with Crippen LogP contribution in [0.5, 0.6) is 0 Å². The number of benzene rings is 1. The van der Waals surface area contributed by atoms with Crippen molar-refractivity contribution in [3.8, 4) is 6.07 Å². The first kappa shape index (κ1) is 16.1. The van der Waals surface area contributed by atoms with E-state index in [1.807, 2.05) is 37.3 Å². The minimum absolute atomic E-state index is 0.00417. The van der Waals surface area contributed by atoms with E-state index in [9.17, 15) is 4.79 Å². The molecular weight excluding hydrogens is 393 g/mol. The Kier molecular flexibility index (Phi) is 5.61. The fourth-order valence-electron chi connectivity index (χ4n) is 1.77. The molecule has 0 fully saturated rings. The lowest BCUT2D eigenvalue weighted by molar-refractivity contribution is -0.112. The minimum atomic E-state index is -0.446. The molecule has 1 amide bonds. The lowest BCUT2D eigenvalue weighted by Gasteiger charge is -2.08. The van der Waals surface area contributed by atoms with Crippen molar-refractivity contribution >= 4 is 34.2 Å². The number of anilines is 1. The number of aryl methyl sites for hydroxylation is 1. The Bertz CT molecular complexity index is 730. The Hall–Kier alpha value is -2.27. The summed E-state index contributed by atoms with van der Waals surface area (Å²) in [6.45, 7) is 2.32. The molecule has 2 aromatic rings. The predicted octanol–water partition coefficient (Wildman–Crippen LogP) is 3.33. The average Bonchev–Trinajstić information content (AvgIpc) is 2.99. The van der Waals surface area contributed by atoms with E-state index >= 15 is 0 Å². The fraction of sp³-hybridized carbons (Fsp3) is 0.125. The number of hydrogen-bond donors (Lipinski definition) is 2. The Morgan fingerprint density at radius 2 is 2.27 bits per heavy atom. The quantitative estimate of drug-likeness (QED) is 0.453. The lowest BCUT2D eigenvalue weighted by atomic mass is 10.2. The van der Waals surface area contributed by atoms with Gasteiger partial charge in [-0.15, -0.1) is 0 Å². The van der Waals surface area contributed by atoms with E-state index < -0.39 is 5.91 Å². The van der Waals surface area contributed by atoms with Crippen LogP contribution in [-0.2, 0) is 11.3 Å². The van der Waals surface area contributed by atoms with Gasteiger partial charge in [0, 0.05) is 15.5 Å². The molecule has 6 heteroatoms. The molecule has 2 rings (SSSR count). The molecule has 0 bridgehead atoms. The van der Waals surface area contributed by atoms with Gasteiger partial charge < -0.3 is 15.1 Å². The normalized spacial score (nSPS) is 10.9. The third-order valence-electron chi connectivity index (χ3n) is 2.90. The maximum atomic E-state index is 12.1. The standard InChI is InChI=1S/C16H14IN3O2/c1-11-7-13(17)4-5-15(11)20-16(21)12(8-18)9-19-10-14-3-2-6-22-14/h2-7,9,19H,10H2,1H3,(H,20,21)/b12-9-. The molecule has 0 spiro atoms. The summed E-state index contributed by atoms with van der Waals surface area (Å²) in [7, 11) is 0. The Labute approximate surface area is 142 Å². The summed E-state index contributed by atoms with van der Waals surface area (Å²) in [5, 5.41) is 14.7. The van der Waals surface area contributed by atoms with Gasteiger partial charge >= 0.3 is 0 Å². The molecule has 22 heavy (non-hydrogen) atoms. The van der Waals surface area contributed by atoms with E-state index in [4.69, 9.17) is 9.68 Å². The third kappa shape index (κ3) is 4.36. The van der Waals surface area contributed by atoms with Gasteiger partial charge in [0.25, 0.3) is 5.91 Å². The van der Waals surface area contributed by atoms with Gasteiger partial charge in [-0.3, -0.25) is 4.79 Å². The van der Waals surface area contributed by atoms with Crippen molar-refractivity contribution in [2.75, 3.05) is 5.32 Å². The van der Waals surface area contributed by atoms with Gasteiger partial charge in [0.2, 0.25) is 0 Å². The van der Waals surface area contributed by atoms with E-state index in [1.54, 1.807) is 12.3 Å². The van der Waals surface area contributed by atoms with Crippen molar-refractivity contribution in [2.45, 2.75) is 13.5 Å². The van der Waals surface area contributed by atoms with Crippen molar-refractivity contribution in [1.82, 2.24) is 5.32 Å². The van der Waals surface area contributed by atoms with E-state index in [0.717, 1.165) is 14.9 Å². The smallest absolute Gasteiger partial charge is 0.267 e. The number of nitriles is 1. The van der Waals surface area contributed by atoms with Crippen LogP contribution in [0.3, 0.4) is 0 Å². The molecule has 0 unspecified atom stereocenters. The molecule has 2 N–H and O–H groups in total. The number of furan rings is 1. The van der Waals surface area contributed by atoms with E-state index in [0.29, 0.717) is 12.2 Å². The molecule has 0 radical (unpaired) electrons. The van der Waals surface area contributed by atoms with Crippen LogP contribution in [0.2, 0.25) is 0 Å². The molecule has 1 aromatic heterocycles. The molecule has 0 atom stereocenters. The van der Waals surface area contributed by atoms with Crippen molar-refractivity contribution in [2.24, 2.45) is 0 Å². The molecule has 0 aliphatic rings. The monoisotopic (exact) mass is 407 g/mol. The zero-order valence-electron chi connectivity index (χ0n) is 11.9.